The predicted octanol–water partition coefficient (Wildman–Crippen LogP) is 3.78. The summed E-state index contributed by atoms with van der Waals surface area (Å²) in [7, 11) is 1.49. The minimum absolute atomic E-state index is 0.294. The number of ether oxygens (including phenoxy) is 2. The van der Waals surface area contributed by atoms with Gasteiger partial charge in [-0.2, -0.15) is 0 Å². The number of rotatable bonds is 7. The number of methoxy groups -OCH3 is 1. The van der Waals surface area contributed by atoms with Crippen molar-refractivity contribution in [2.45, 2.75) is 18.2 Å². The van der Waals surface area contributed by atoms with E-state index in [1.54, 1.807) is 30.0 Å². The third-order valence-corrected chi connectivity index (χ3v) is 4.36. The summed E-state index contributed by atoms with van der Waals surface area (Å²) in [6, 6.07) is 12.7. The van der Waals surface area contributed by atoms with Crippen LogP contribution in [0.1, 0.15) is 22.8 Å². The Kier molecular flexibility index (Phi) is 6.89. The van der Waals surface area contributed by atoms with E-state index in [0.29, 0.717) is 11.3 Å². The van der Waals surface area contributed by atoms with Crippen LogP contribution in [-0.2, 0) is 16.0 Å². The number of nitrogens with one attached hydrogen (secondary N) is 1. The van der Waals surface area contributed by atoms with Crippen molar-refractivity contribution in [1.82, 2.24) is 0 Å². The first-order valence-corrected chi connectivity index (χ1v) is 9.08. The summed E-state index contributed by atoms with van der Waals surface area (Å²) in [5.41, 5.74) is 2.05. The molecular formula is C19H21NO4S. The normalized spacial score (nSPS) is 10.2. The highest BCUT2D eigenvalue weighted by atomic mass is 32.2. The minimum atomic E-state index is -0.594. The molecule has 0 fully saturated rings. The number of hydrogen-bond acceptors (Lipinski definition) is 5. The van der Waals surface area contributed by atoms with Gasteiger partial charge in [-0.3, -0.25) is 4.79 Å². The van der Waals surface area contributed by atoms with E-state index in [9.17, 15) is 9.59 Å². The van der Waals surface area contributed by atoms with Crippen LogP contribution in [0.3, 0.4) is 0 Å². The molecule has 0 aliphatic rings. The molecule has 0 saturated heterocycles. The van der Waals surface area contributed by atoms with Crippen LogP contribution < -0.4 is 10.1 Å². The van der Waals surface area contributed by atoms with Crippen molar-refractivity contribution in [1.29, 1.82) is 0 Å². The van der Waals surface area contributed by atoms with Gasteiger partial charge >= 0.3 is 5.97 Å². The topological polar surface area (TPSA) is 64.6 Å². The van der Waals surface area contributed by atoms with Gasteiger partial charge in [-0.1, -0.05) is 25.1 Å². The largest absolute Gasteiger partial charge is 0.496 e. The molecule has 0 aromatic heterocycles. The van der Waals surface area contributed by atoms with E-state index in [-0.39, 0.29) is 12.5 Å². The van der Waals surface area contributed by atoms with Gasteiger partial charge in [0.2, 0.25) is 0 Å². The molecule has 0 radical (unpaired) electrons. The second-order valence-electron chi connectivity index (χ2n) is 5.20. The van der Waals surface area contributed by atoms with E-state index in [0.717, 1.165) is 22.6 Å². The monoisotopic (exact) mass is 359 g/mol. The molecule has 6 heteroatoms. The molecule has 0 aliphatic heterocycles. The lowest BCUT2D eigenvalue weighted by Gasteiger charge is -2.11. The highest BCUT2D eigenvalue weighted by Gasteiger charge is 2.16. The first kappa shape index (κ1) is 18.9. The number of para-hydroxylation sites is 1. The molecule has 0 bridgehead atoms. The fourth-order valence-electron chi connectivity index (χ4n) is 2.31. The number of carbonyl (C=O) groups is 2. The molecule has 2 aromatic rings. The molecule has 2 aromatic carbocycles. The van der Waals surface area contributed by atoms with E-state index < -0.39 is 5.97 Å². The molecule has 25 heavy (non-hydrogen) atoms. The van der Waals surface area contributed by atoms with Crippen LogP contribution in [0.5, 0.6) is 5.75 Å². The highest BCUT2D eigenvalue weighted by molar-refractivity contribution is 7.98. The highest BCUT2D eigenvalue weighted by Crippen LogP contribution is 2.26. The smallest absolute Gasteiger partial charge is 0.342 e. The molecule has 0 aliphatic carbocycles. The van der Waals surface area contributed by atoms with Gasteiger partial charge in [0.15, 0.2) is 6.61 Å². The Labute approximate surface area is 151 Å². The summed E-state index contributed by atoms with van der Waals surface area (Å²) in [5.74, 6) is -0.550. The van der Waals surface area contributed by atoms with Gasteiger partial charge in [-0.05, 0) is 42.5 Å². The molecule has 132 valence electrons. The second kappa shape index (κ2) is 9.13. The molecule has 1 amide bonds. The van der Waals surface area contributed by atoms with Gasteiger partial charge in [0.05, 0.1) is 7.11 Å². The zero-order valence-electron chi connectivity index (χ0n) is 14.5. The first-order valence-electron chi connectivity index (χ1n) is 7.86. The van der Waals surface area contributed by atoms with Crippen molar-refractivity contribution in [2.75, 3.05) is 25.3 Å². The van der Waals surface area contributed by atoms with Crippen molar-refractivity contribution in [3.05, 3.63) is 53.6 Å². The molecule has 5 nitrogen and oxygen atoms in total. The number of amides is 1. The van der Waals surface area contributed by atoms with Crippen LogP contribution in [-0.4, -0.2) is 31.8 Å². The molecular weight excluding hydrogens is 338 g/mol. The molecule has 2 rings (SSSR count). The quantitative estimate of drug-likeness (QED) is 0.602. The van der Waals surface area contributed by atoms with E-state index in [1.165, 1.54) is 7.11 Å². The number of benzene rings is 2. The van der Waals surface area contributed by atoms with Crippen LogP contribution in [0.25, 0.3) is 0 Å². The van der Waals surface area contributed by atoms with Crippen molar-refractivity contribution >= 4 is 29.3 Å². The summed E-state index contributed by atoms with van der Waals surface area (Å²) in [5, 5.41) is 2.76. The third kappa shape index (κ3) is 5.00. The molecule has 1 N–H and O–H groups in total. The molecule has 0 heterocycles. The zero-order valence-corrected chi connectivity index (χ0v) is 15.3. The standard InChI is InChI=1S/C19H21NO4S/c1-4-13-7-5-6-8-16(13)20-18(21)12-24-19(22)15-10-9-14(25-3)11-17(15)23-2/h5-11H,4,12H2,1-3H3,(H,20,21). The van der Waals surface area contributed by atoms with Crippen LogP contribution >= 0.6 is 11.8 Å². The van der Waals surface area contributed by atoms with Crippen LogP contribution in [0.15, 0.2) is 47.4 Å². The second-order valence-corrected chi connectivity index (χ2v) is 6.08. The van der Waals surface area contributed by atoms with Crippen LogP contribution in [0, 0.1) is 0 Å². The maximum absolute atomic E-state index is 12.2. The lowest BCUT2D eigenvalue weighted by molar-refractivity contribution is -0.119. The number of anilines is 1. The van der Waals surface area contributed by atoms with Gasteiger partial charge in [-0.25, -0.2) is 4.79 Å². The summed E-state index contributed by atoms with van der Waals surface area (Å²) in [6.07, 6.45) is 2.74. The fourth-order valence-corrected chi connectivity index (χ4v) is 2.74. The van der Waals surface area contributed by atoms with E-state index in [1.807, 2.05) is 37.4 Å². The Bertz CT molecular complexity index is 761. The van der Waals surface area contributed by atoms with Crippen molar-refractivity contribution in [3.8, 4) is 5.75 Å². The average molecular weight is 359 g/mol. The summed E-state index contributed by atoms with van der Waals surface area (Å²) in [4.78, 5) is 25.2. The zero-order chi connectivity index (χ0) is 18.2. The lowest BCUT2D eigenvalue weighted by atomic mass is 10.1. The molecule has 0 spiro atoms. The van der Waals surface area contributed by atoms with E-state index in [2.05, 4.69) is 5.32 Å². The van der Waals surface area contributed by atoms with Crippen LogP contribution in [0.2, 0.25) is 0 Å². The number of hydrogen-bond donors (Lipinski definition) is 1. The Morgan fingerprint density at radius 2 is 1.92 bits per heavy atom. The molecule has 0 unspecified atom stereocenters. The third-order valence-electron chi connectivity index (χ3n) is 3.64. The number of esters is 1. The number of carbonyl (C=O) groups excluding carboxylic acids is 2. The number of thioether (sulfide) groups is 1. The van der Waals surface area contributed by atoms with Gasteiger partial charge < -0.3 is 14.8 Å². The Hall–Kier alpha value is -2.47. The fraction of sp³-hybridized carbons (Fsp3) is 0.263. The maximum atomic E-state index is 12.2. The van der Waals surface area contributed by atoms with Crippen molar-refractivity contribution in [3.63, 3.8) is 0 Å². The Morgan fingerprint density at radius 1 is 1.16 bits per heavy atom. The predicted molar refractivity (Wildman–Crippen MR) is 99.5 cm³/mol. The average Bonchev–Trinajstić information content (AvgIpc) is 2.65. The Balaban J connectivity index is 1.99. The SMILES string of the molecule is CCc1ccccc1NC(=O)COC(=O)c1ccc(SC)cc1OC. The van der Waals surface area contributed by atoms with Crippen molar-refractivity contribution in [2.24, 2.45) is 0 Å². The van der Waals surface area contributed by atoms with Gasteiger partial charge in [0, 0.05) is 10.6 Å². The van der Waals surface area contributed by atoms with Crippen LogP contribution in [0.4, 0.5) is 5.69 Å². The molecule has 0 atom stereocenters. The molecule has 0 saturated carbocycles. The summed E-state index contributed by atoms with van der Waals surface area (Å²) < 4.78 is 10.3. The summed E-state index contributed by atoms with van der Waals surface area (Å²) in [6.45, 7) is 1.65. The van der Waals surface area contributed by atoms with Gasteiger partial charge in [0.1, 0.15) is 11.3 Å². The number of aryl methyl sites for hydroxylation is 1. The minimum Gasteiger partial charge on any atom is -0.496 e. The van der Waals surface area contributed by atoms with Gasteiger partial charge in [-0.15, -0.1) is 11.8 Å². The van der Waals surface area contributed by atoms with E-state index in [4.69, 9.17) is 9.47 Å². The lowest BCUT2D eigenvalue weighted by Crippen LogP contribution is -2.21. The summed E-state index contributed by atoms with van der Waals surface area (Å²) >= 11 is 1.55. The van der Waals surface area contributed by atoms with Gasteiger partial charge in [0.25, 0.3) is 5.91 Å². The van der Waals surface area contributed by atoms with Crippen molar-refractivity contribution < 1.29 is 19.1 Å². The van der Waals surface area contributed by atoms with E-state index >= 15 is 0 Å². The maximum Gasteiger partial charge on any atom is 0.342 e. The Morgan fingerprint density at radius 3 is 2.60 bits per heavy atom. The first-order chi connectivity index (χ1) is 12.1.